The average Bonchev–Trinajstić information content (AvgIpc) is 2.39. The van der Waals surface area contributed by atoms with Crippen LogP contribution in [0, 0.1) is 6.92 Å². The fourth-order valence-electron chi connectivity index (χ4n) is 1.49. The average molecular weight is 229 g/mol. The predicted molar refractivity (Wildman–Crippen MR) is 66.7 cm³/mol. The molecular weight excluding hydrogens is 214 g/mol. The van der Waals surface area contributed by atoms with E-state index in [1.165, 1.54) is 0 Å². The van der Waals surface area contributed by atoms with Gasteiger partial charge in [0, 0.05) is 6.54 Å². The minimum absolute atomic E-state index is 0.418. The minimum atomic E-state index is -0.542. The van der Waals surface area contributed by atoms with Crippen LogP contribution in [0.5, 0.6) is 0 Å². The van der Waals surface area contributed by atoms with Crippen LogP contribution < -0.4 is 5.32 Å². The van der Waals surface area contributed by atoms with E-state index in [-0.39, 0.29) is 0 Å². The van der Waals surface area contributed by atoms with Crippen LogP contribution in [0.2, 0.25) is 0 Å². The van der Waals surface area contributed by atoms with Crippen molar-refractivity contribution in [2.75, 3.05) is 11.9 Å². The highest BCUT2D eigenvalue weighted by Gasteiger charge is 2.06. The van der Waals surface area contributed by atoms with E-state index in [2.05, 4.69) is 15.5 Å². The summed E-state index contributed by atoms with van der Waals surface area (Å²) in [6, 6.07) is 13.3. The molecule has 0 aliphatic carbocycles. The Morgan fingerprint density at radius 1 is 1.12 bits per heavy atom. The molecule has 1 atom stereocenters. The summed E-state index contributed by atoms with van der Waals surface area (Å²) in [4.78, 5) is 0. The molecule has 4 heteroatoms. The van der Waals surface area contributed by atoms with Gasteiger partial charge in [-0.05, 0) is 24.6 Å². The number of nitrogens with one attached hydrogen (secondary N) is 1. The Bertz CT molecular complexity index is 456. The molecule has 0 bridgehead atoms. The number of aromatic nitrogens is 2. The second-order valence-electron chi connectivity index (χ2n) is 3.87. The normalized spacial score (nSPS) is 12.1. The SMILES string of the molecule is Cc1ccc(NCC(O)c2ccccc2)nn1. The van der Waals surface area contributed by atoms with Gasteiger partial charge in [-0.1, -0.05) is 30.3 Å². The minimum Gasteiger partial charge on any atom is -0.387 e. The number of aliphatic hydroxyl groups is 1. The van der Waals surface area contributed by atoms with Crippen molar-refractivity contribution in [2.45, 2.75) is 13.0 Å². The summed E-state index contributed by atoms with van der Waals surface area (Å²) < 4.78 is 0. The zero-order chi connectivity index (χ0) is 12.1. The highest BCUT2D eigenvalue weighted by Crippen LogP contribution is 2.12. The van der Waals surface area contributed by atoms with Gasteiger partial charge < -0.3 is 10.4 Å². The van der Waals surface area contributed by atoms with E-state index in [9.17, 15) is 5.11 Å². The van der Waals surface area contributed by atoms with Crippen molar-refractivity contribution >= 4 is 5.82 Å². The van der Waals surface area contributed by atoms with Gasteiger partial charge in [0.15, 0.2) is 0 Å². The van der Waals surface area contributed by atoms with Crippen molar-refractivity contribution in [1.82, 2.24) is 10.2 Å². The molecule has 17 heavy (non-hydrogen) atoms. The lowest BCUT2D eigenvalue weighted by atomic mass is 10.1. The topological polar surface area (TPSA) is 58.0 Å². The molecule has 4 nitrogen and oxygen atoms in total. The van der Waals surface area contributed by atoms with Crippen LogP contribution in [0.15, 0.2) is 42.5 Å². The Hall–Kier alpha value is -1.94. The van der Waals surface area contributed by atoms with Crippen LogP contribution in [0.1, 0.15) is 17.4 Å². The van der Waals surface area contributed by atoms with Crippen LogP contribution >= 0.6 is 0 Å². The molecule has 0 spiro atoms. The van der Waals surface area contributed by atoms with Crippen molar-refractivity contribution in [2.24, 2.45) is 0 Å². The molecule has 2 N–H and O–H groups in total. The maximum absolute atomic E-state index is 9.93. The highest BCUT2D eigenvalue weighted by atomic mass is 16.3. The summed E-state index contributed by atoms with van der Waals surface area (Å²) >= 11 is 0. The lowest BCUT2D eigenvalue weighted by Crippen LogP contribution is -2.13. The monoisotopic (exact) mass is 229 g/mol. The number of benzene rings is 1. The summed E-state index contributed by atoms with van der Waals surface area (Å²) in [6.45, 7) is 2.30. The van der Waals surface area contributed by atoms with Gasteiger partial charge in [0.2, 0.25) is 0 Å². The summed E-state index contributed by atoms with van der Waals surface area (Å²) in [6.07, 6.45) is -0.542. The molecule has 0 fully saturated rings. The fourth-order valence-corrected chi connectivity index (χ4v) is 1.49. The van der Waals surface area contributed by atoms with Crippen LogP contribution in [-0.2, 0) is 0 Å². The standard InChI is InChI=1S/C13H15N3O/c1-10-7-8-13(16-15-10)14-9-12(17)11-5-3-2-4-6-11/h2-8,12,17H,9H2,1H3,(H,14,16). The Kier molecular flexibility index (Phi) is 3.67. The molecule has 0 radical (unpaired) electrons. The smallest absolute Gasteiger partial charge is 0.148 e. The van der Waals surface area contributed by atoms with Crippen LogP contribution in [-0.4, -0.2) is 21.8 Å². The first-order valence-electron chi connectivity index (χ1n) is 5.53. The largest absolute Gasteiger partial charge is 0.387 e. The van der Waals surface area contributed by atoms with E-state index in [4.69, 9.17) is 0 Å². The Morgan fingerprint density at radius 3 is 2.53 bits per heavy atom. The number of anilines is 1. The van der Waals surface area contributed by atoms with Gasteiger partial charge in [-0.2, -0.15) is 5.10 Å². The van der Waals surface area contributed by atoms with E-state index in [0.29, 0.717) is 12.4 Å². The van der Waals surface area contributed by atoms with Crippen LogP contribution in [0.25, 0.3) is 0 Å². The zero-order valence-electron chi connectivity index (χ0n) is 9.67. The van der Waals surface area contributed by atoms with Gasteiger partial charge in [-0.15, -0.1) is 5.10 Å². The third-order valence-electron chi connectivity index (χ3n) is 2.46. The zero-order valence-corrected chi connectivity index (χ0v) is 9.67. The van der Waals surface area contributed by atoms with E-state index >= 15 is 0 Å². The van der Waals surface area contributed by atoms with Crippen molar-refractivity contribution in [3.05, 3.63) is 53.7 Å². The lowest BCUT2D eigenvalue weighted by Gasteiger charge is -2.12. The fraction of sp³-hybridized carbons (Fsp3) is 0.231. The first kappa shape index (κ1) is 11.5. The van der Waals surface area contributed by atoms with Crippen molar-refractivity contribution in [3.63, 3.8) is 0 Å². The molecule has 2 aromatic rings. The second kappa shape index (κ2) is 5.41. The second-order valence-corrected chi connectivity index (χ2v) is 3.87. The first-order valence-corrected chi connectivity index (χ1v) is 5.53. The molecule has 0 saturated carbocycles. The molecule has 0 aliphatic rings. The van der Waals surface area contributed by atoms with E-state index in [1.54, 1.807) is 0 Å². The highest BCUT2D eigenvalue weighted by molar-refractivity contribution is 5.33. The molecule has 1 heterocycles. The lowest BCUT2D eigenvalue weighted by molar-refractivity contribution is 0.191. The summed E-state index contributed by atoms with van der Waals surface area (Å²) in [5.74, 6) is 0.672. The molecule has 88 valence electrons. The number of aliphatic hydroxyl groups excluding tert-OH is 1. The van der Waals surface area contributed by atoms with Gasteiger partial charge in [-0.25, -0.2) is 0 Å². The molecule has 1 aromatic carbocycles. The van der Waals surface area contributed by atoms with E-state index < -0.39 is 6.10 Å². The first-order chi connectivity index (χ1) is 8.25. The molecule has 1 aromatic heterocycles. The van der Waals surface area contributed by atoms with Gasteiger partial charge in [0.1, 0.15) is 5.82 Å². The summed E-state index contributed by atoms with van der Waals surface area (Å²) in [7, 11) is 0. The van der Waals surface area contributed by atoms with Crippen LogP contribution in [0.4, 0.5) is 5.82 Å². The molecule has 0 amide bonds. The Labute approximate surface area is 100 Å². The molecule has 1 unspecified atom stereocenters. The number of rotatable bonds is 4. The quantitative estimate of drug-likeness (QED) is 0.841. The summed E-state index contributed by atoms with van der Waals surface area (Å²) in [5.41, 5.74) is 1.76. The molecule has 0 saturated heterocycles. The van der Waals surface area contributed by atoms with Gasteiger partial charge >= 0.3 is 0 Å². The number of hydrogen-bond acceptors (Lipinski definition) is 4. The third-order valence-corrected chi connectivity index (χ3v) is 2.46. The van der Waals surface area contributed by atoms with Gasteiger partial charge in [-0.3, -0.25) is 0 Å². The van der Waals surface area contributed by atoms with E-state index in [1.807, 2.05) is 49.4 Å². The van der Waals surface area contributed by atoms with Crippen molar-refractivity contribution in [1.29, 1.82) is 0 Å². The van der Waals surface area contributed by atoms with Gasteiger partial charge in [0.05, 0.1) is 11.8 Å². The summed E-state index contributed by atoms with van der Waals surface area (Å²) in [5, 5.41) is 20.9. The van der Waals surface area contributed by atoms with Crippen molar-refractivity contribution < 1.29 is 5.11 Å². The maximum Gasteiger partial charge on any atom is 0.148 e. The van der Waals surface area contributed by atoms with E-state index in [0.717, 1.165) is 11.3 Å². The van der Waals surface area contributed by atoms with Crippen molar-refractivity contribution in [3.8, 4) is 0 Å². The molecular formula is C13H15N3O. The van der Waals surface area contributed by atoms with Gasteiger partial charge in [0.25, 0.3) is 0 Å². The van der Waals surface area contributed by atoms with Crippen LogP contribution in [0.3, 0.4) is 0 Å². The predicted octanol–water partition coefficient (Wildman–Crippen LogP) is 1.93. The molecule has 2 rings (SSSR count). The number of nitrogens with zero attached hydrogens (tertiary/aromatic N) is 2. The Balaban J connectivity index is 1.92. The number of hydrogen-bond donors (Lipinski definition) is 2. The number of aryl methyl sites for hydroxylation is 1. The maximum atomic E-state index is 9.93. The Morgan fingerprint density at radius 2 is 1.88 bits per heavy atom. The molecule has 0 aliphatic heterocycles. The third kappa shape index (κ3) is 3.26.